The summed E-state index contributed by atoms with van der Waals surface area (Å²) < 4.78 is 13.5. The van der Waals surface area contributed by atoms with E-state index in [4.69, 9.17) is 5.11 Å². The fraction of sp³-hybridized carbons (Fsp3) is 0.533. The summed E-state index contributed by atoms with van der Waals surface area (Å²) in [4.78, 5) is 10.7. The maximum atomic E-state index is 13.5. The first-order chi connectivity index (χ1) is 9.61. The summed E-state index contributed by atoms with van der Waals surface area (Å²) in [7, 11) is 0. The average Bonchev–Trinajstić information content (AvgIpc) is 2.45. The number of hydrogen-bond acceptors (Lipinski definition) is 3. The molecule has 2 unspecified atom stereocenters. The van der Waals surface area contributed by atoms with Crippen molar-refractivity contribution in [3.63, 3.8) is 0 Å². The number of carbonyl (C=O) groups is 1. The maximum Gasteiger partial charge on any atom is 0.338 e. The number of aromatic carboxylic acids is 1. The summed E-state index contributed by atoms with van der Waals surface area (Å²) >= 11 is 0. The third-order valence-electron chi connectivity index (χ3n) is 4.07. The smallest absolute Gasteiger partial charge is 0.338 e. The van der Waals surface area contributed by atoms with Crippen molar-refractivity contribution in [3.05, 3.63) is 29.6 Å². The molecule has 0 bridgehead atoms. The van der Waals surface area contributed by atoms with E-state index in [-0.39, 0.29) is 12.2 Å². The molecule has 4 nitrogen and oxygen atoms in total. The minimum atomic E-state index is -1.26. The lowest BCUT2D eigenvalue weighted by Crippen LogP contribution is -2.28. The first kappa shape index (κ1) is 14.8. The first-order valence-electron chi connectivity index (χ1n) is 6.99. The monoisotopic (exact) mass is 281 g/mol. The van der Waals surface area contributed by atoms with Gasteiger partial charge >= 0.3 is 5.97 Å². The fourth-order valence-corrected chi connectivity index (χ4v) is 2.84. The Morgan fingerprint density at radius 1 is 1.30 bits per heavy atom. The molecule has 0 aromatic heterocycles. The SMILES string of the molecule is O=C(O)c1ccc(NCC2CCCCC2CO)cc1F. The van der Waals surface area contributed by atoms with Gasteiger partial charge in [-0.05, 0) is 42.9 Å². The number of carboxylic acid groups (broad SMARTS) is 1. The van der Waals surface area contributed by atoms with E-state index in [1.807, 2.05) is 0 Å². The quantitative estimate of drug-likeness (QED) is 0.776. The standard InChI is InChI=1S/C15H20FNO3/c16-14-7-12(5-6-13(14)15(19)20)17-8-10-3-1-2-4-11(10)9-18/h5-7,10-11,17-18H,1-4,8-9H2,(H,19,20). The topological polar surface area (TPSA) is 69.6 Å². The number of carboxylic acids is 1. The molecule has 2 atom stereocenters. The number of aliphatic hydroxyl groups excluding tert-OH is 1. The predicted molar refractivity (Wildman–Crippen MR) is 74.4 cm³/mol. The molecule has 0 saturated heterocycles. The van der Waals surface area contributed by atoms with E-state index < -0.39 is 11.8 Å². The Hall–Kier alpha value is -1.62. The van der Waals surface area contributed by atoms with Crippen LogP contribution in [-0.2, 0) is 0 Å². The maximum absolute atomic E-state index is 13.5. The Labute approximate surface area is 117 Å². The molecule has 0 heterocycles. The molecular formula is C15H20FNO3. The molecule has 1 aromatic rings. The summed E-state index contributed by atoms with van der Waals surface area (Å²) in [6.07, 6.45) is 4.42. The third kappa shape index (κ3) is 3.48. The van der Waals surface area contributed by atoms with E-state index in [0.29, 0.717) is 24.1 Å². The Morgan fingerprint density at radius 3 is 2.60 bits per heavy atom. The highest BCUT2D eigenvalue weighted by Crippen LogP contribution is 2.30. The molecule has 1 aromatic carbocycles. The van der Waals surface area contributed by atoms with Crippen molar-refractivity contribution in [2.75, 3.05) is 18.5 Å². The number of nitrogens with one attached hydrogen (secondary N) is 1. The van der Waals surface area contributed by atoms with Crippen molar-refractivity contribution in [1.29, 1.82) is 0 Å². The van der Waals surface area contributed by atoms with Crippen LogP contribution >= 0.6 is 0 Å². The van der Waals surface area contributed by atoms with E-state index in [0.717, 1.165) is 25.7 Å². The van der Waals surface area contributed by atoms with Crippen LogP contribution in [0.3, 0.4) is 0 Å². The van der Waals surface area contributed by atoms with E-state index in [2.05, 4.69) is 5.32 Å². The highest BCUT2D eigenvalue weighted by molar-refractivity contribution is 5.88. The van der Waals surface area contributed by atoms with E-state index >= 15 is 0 Å². The van der Waals surface area contributed by atoms with Gasteiger partial charge in [0.2, 0.25) is 0 Å². The molecule has 3 N–H and O–H groups in total. The van der Waals surface area contributed by atoms with Crippen LogP contribution in [0.25, 0.3) is 0 Å². The van der Waals surface area contributed by atoms with Crippen LogP contribution in [0.4, 0.5) is 10.1 Å². The second-order valence-corrected chi connectivity index (χ2v) is 5.37. The normalized spacial score (nSPS) is 22.5. The van der Waals surface area contributed by atoms with Crippen LogP contribution in [0.5, 0.6) is 0 Å². The van der Waals surface area contributed by atoms with E-state index in [1.54, 1.807) is 6.07 Å². The van der Waals surface area contributed by atoms with Crippen LogP contribution in [0, 0.1) is 17.7 Å². The zero-order chi connectivity index (χ0) is 14.5. The van der Waals surface area contributed by atoms with Gasteiger partial charge in [-0.25, -0.2) is 9.18 Å². The lowest BCUT2D eigenvalue weighted by atomic mass is 9.79. The van der Waals surface area contributed by atoms with Gasteiger partial charge in [-0.15, -0.1) is 0 Å². The van der Waals surface area contributed by atoms with Gasteiger partial charge in [0.05, 0.1) is 5.56 Å². The van der Waals surface area contributed by atoms with Crippen molar-refractivity contribution in [2.24, 2.45) is 11.8 Å². The number of hydrogen-bond donors (Lipinski definition) is 3. The molecule has 0 amide bonds. The summed E-state index contributed by atoms with van der Waals surface area (Å²) in [5.41, 5.74) is 0.260. The number of halogens is 1. The van der Waals surface area contributed by atoms with Crippen LogP contribution in [-0.4, -0.2) is 29.3 Å². The second kappa shape index (κ2) is 6.70. The first-order valence-corrected chi connectivity index (χ1v) is 6.99. The Kier molecular flexibility index (Phi) is 4.95. The van der Waals surface area contributed by atoms with Crippen LogP contribution in [0.15, 0.2) is 18.2 Å². The van der Waals surface area contributed by atoms with Crippen molar-refractivity contribution in [3.8, 4) is 0 Å². The second-order valence-electron chi connectivity index (χ2n) is 5.37. The zero-order valence-electron chi connectivity index (χ0n) is 11.3. The number of benzene rings is 1. The van der Waals surface area contributed by atoms with Crippen LogP contribution in [0.2, 0.25) is 0 Å². The van der Waals surface area contributed by atoms with Crippen molar-refractivity contribution < 1.29 is 19.4 Å². The van der Waals surface area contributed by atoms with Gasteiger partial charge in [0, 0.05) is 18.8 Å². The molecule has 0 radical (unpaired) electrons. The third-order valence-corrected chi connectivity index (χ3v) is 4.07. The van der Waals surface area contributed by atoms with Gasteiger partial charge in [0.25, 0.3) is 0 Å². The van der Waals surface area contributed by atoms with Crippen LogP contribution < -0.4 is 5.32 Å². The molecule has 1 fully saturated rings. The minimum absolute atomic E-state index is 0.193. The van der Waals surface area contributed by atoms with Crippen molar-refractivity contribution in [2.45, 2.75) is 25.7 Å². The number of rotatable bonds is 5. The van der Waals surface area contributed by atoms with E-state index in [1.165, 1.54) is 12.1 Å². The molecule has 0 aliphatic heterocycles. The van der Waals surface area contributed by atoms with Gasteiger partial charge in [-0.3, -0.25) is 0 Å². The summed E-state index contributed by atoms with van der Waals surface area (Å²) in [5, 5.41) is 21.3. The highest BCUT2D eigenvalue weighted by Gasteiger charge is 2.24. The fourth-order valence-electron chi connectivity index (χ4n) is 2.84. The minimum Gasteiger partial charge on any atom is -0.478 e. The lowest BCUT2D eigenvalue weighted by molar-refractivity contribution is 0.0692. The van der Waals surface area contributed by atoms with Crippen LogP contribution in [0.1, 0.15) is 36.0 Å². The Balaban J connectivity index is 1.96. The summed E-state index contributed by atoms with van der Waals surface area (Å²) in [6.45, 7) is 0.871. The summed E-state index contributed by atoms with van der Waals surface area (Å²) in [6, 6.07) is 4.05. The van der Waals surface area contributed by atoms with Gasteiger partial charge in [-0.1, -0.05) is 12.8 Å². The molecule has 110 valence electrons. The van der Waals surface area contributed by atoms with Gasteiger partial charge in [0.15, 0.2) is 0 Å². The molecular weight excluding hydrogens is 261 g/mol. The molecule has 20 heavy (non-hydrogen) atoms. The van der Waals surface area contributed by atoms with E-state index in [9.17, 15) is 14.3 Å². The average molecular weight is 281 g/mol. The molecule has 2 rings (SSSR count). The largest absolute Gasteiger partial charge is 0.478 e. The Morgan fingerprint density at radius 2 is 2.00 bits per heavy atom. The zero-order valence-corrected chi connectivity index (χ0v) is 11.3. The molecule has 1 saturated carbocycles. The molecule has 5 heteroatoms. The Bertz CT molecular complexity index is 478. The predicted octanol–water partition coefficient (Wildman–Crippen LogP) is 2.73. The molecule has 1 aliphatic carbocycles. The van der Waals surface area contributed by atoms with Crippen molar-refractivity contribution >= 4 is 11.7 Å². The van der Waals surface area contributed by atoms with Crippen molar-refractivity contribution in [1.82, 2.24) is 0 Å². The van der Waals surface area contributed by atoms with Gasteiger partial charge in [0.1, 0.15) is 5.82 Å². The molecule has 1 aliphatic rings. The molecule has 0 spiro atoms. The summed E-state index contributed by atoms with van der Waals surface area (Å²) in [5.74, 6) is -1.30. The van der Waals surface area contributed by atoms with Gasteiger partial charge < -0.3 is 15.5 Å². The highest BCUT2D eigenvalue weighted by atomic mass is 19.1. The lowest BCUT2D eigenvalue weighted by Gasteiger charge is -2.30. The number of anilines is 1. The number of aliphatic hydroxyl groups is 1. The van der Waals surface area contributed by atoms with Gasteiger partial charge in [-0.2, -0.15) is 0 Å².